The molecule has 6 nitrogen and oxygen atoms in total. The van der Waals surface area contributed by atoms with Crippen LogP contribution in [0.1, 0.15) is 19.3 Å². The summed E-state index contributed by atoms with van der Waals surface area (Å²) in [6.45, 7) is 1.79. The van der Waals surface area contributed by atoms with Crippen LogP contribution in [0.25, 0.3) is 0 Å². The van der Waals surface area contributed by atoms with E-state index in [1.54, 1.807) is 16.7 Å². The maximum absolute atomic E-state index is 12.3. The molecule has 7 heteroatoms. The van der Waals surface area contributed by atoms with Crippen LogP contribution in [0.3, 0.4) is 0 Å². The molecule has 0 aromatic rings. The lowest BCUT2D eigenvalue weighted by molar-refractivity contribution is -0.143. The van der Waals surface area contributed by atoms with Crippen molar-refractivity contribution in [2.45, 2.75) is 31.4 Å². The number of amides is 2. The third kappa shape index (κ3) is 3.19. The molecule has 0 aromatic heterocycles. The number of rotatable bonds is 4. The van der Waals surface area contributed by atoms with Crippen molar-refractivity contribution >= 4 is 23.6 Å². The van der Waals surface area contributed by atoms with Crippen LogP contribution in [0.4, 0.5) is 0 Å². The number of nitrogens with one attached hydrogen (secondary N) is 2. The van der Waals surface area contributed by atoms with E-state index in [4.69, 9.17) is 0 Å². The first-order valence-electron chi connectivity index (χ1n) is 7.71. The molecular weight excluding hydrogens is 290 g/mol. The van der Waals surface area contributed by atoms with Gasteiger partial charge in [-0.1, -0.05) is 6.42 Å². The molecule has 2 aliphatic heterocycles. The molecule has 3 aliphatic rings. The second kappa shape index (κ2) is 6.54. The summed E-state index contributed by atoms with van der Waals surface area (Å²) in [6.07, 6.45) is 2.67. The van der Waals surface area contributed by atoms with E-state index >= 15 is 0 Å². The molecule has 2 amide bonds. The van der Waals surface area contributed by atoms with E-state index in [0.29, 0.717) is 24.7 Å². The fourth-order valence-corrected chi connectivity index (χ4v) is 4.21. The normalized spacial score (nSPS) is 33.0. The van der Waals surface area contributed by atoms with Crippen molar-refractivity contribution in [2.24, 2.45) is 11.8 Å². The zero-order valence-electron chi connectivity index (χ0n) is 12.1. The van der Waals surface area contributed by atoms with Crippen molar-refractivity contribution in [3.05, 3.63) is 0 Å². The number of hydrogen-bond acceptors (Lipinski definition) is 5. The third-order valence-corrected chi connectivity index (χ3v) is 5.78. The van der Waals surface area contributed by atoms with Gasteiger partial charge in [0, 0.05) is 37.2 Å². The summed E-state index contributed by atoms with van der Waals surface area (Å²) in [7, 11) is 0. The average Bonchev–Trinajstić information content (AvgIpc) is 3.02. The molecule has 3 unspecified atom stereocenters. The van der Waals surface area contributed by atoms with Crippen LogP contribution in [0.2, 0.25) is 0 Å². The number of aliphatic hydroxyl groups is 1. The molecule has 118 valence electrons. The number of carbonyl (C=O) groups excluding carboxylic acids is 2. The van der Waals surface area contributed by atoms with Gasteiger partial charge in [0.2, 0.25) is 11.8 Å². The standard InChI is InChI=1S/C14H23N3O3S/c18-12-6-15-4-10(12)5-16-13(19)11-7-21-8-17(11)14(20)9-2-1-3-9/h9-12,15,18H,1-8H2,(H,16,19). The zero-order valence-corrected chi connectivity index (χ0v) is 12.9. The minimum Gasteiger partial charge on any atom is -0.391 e. The van der Waals surface area contributed by atoms with Crippen LogP contribution in [0.5, 0.6) is 0 Å². The van der Waals surface area contributed by atoms with Gasteiger partial charge in [-0.2, -0.15) is 0 Å². The Labute approximate surface area is 129 Å². The number of hydrogen-bond donors (Lipinski definition) is 3. The van der Waals surface area contributed by atoms with Gasteiger partial charge in [0.25, 0.3) is 0 Å². The third-order valence-electron chi connectivity index (χ3n) is 4.77. The van der Waals surface area contributed by atoms with Crippen LogP contribution in [0, 0.1) is 11.8 Å². The second-order valence-corrected chi connectivity index (χ2v) is 7.18. The number of thioether (sulfide) groups is 1. The summed E-state index contributed by atoms with van der Waals surface area (Å²) >= 11 is 1.64. The van der Waals surface area contributed by atoms with Crippen LogP contribution in [-0.4, -0.2) is 65.2 Å². The van der Waals surface area contributed by atoms with Gasteiger partial charge in [-0.15, -0.1) is 11.8 Å². The molecule has 0 radical (unpaired) electrons. The van der Waals surface area contributed by atoms with Crippen LogP contribution < -0.4 is 10.6 Å². The monoisotopic (exact) mass is 313 g/mol. The summed E-state index contributed by atoms with van der Waals surface area (Å²) in [5.74, 6) is 1.58. The lowest BCUT2D eigenvalue weighted by Gasteiger charge is -2.31. The highest BCUT2D eigenvalue weighted by atomic mass is 32.2. The van der Waals surface area contributed by atoms with E-state index in [0.717, 1.165) is 25.8 Å². The van der Waals surface area contributed by atoms with Crippen molar-refractivity contribution < 1.29 is 14.7 Å². The molecule has 3 rings (SSSR count). The Kier molecular flexibility index (Phi) is 4.71. The number of β-amino-alcohol motifs (C(OH)–C–C–N with tert-alkyl or cyclic N) is 1. The fourth-order valence-electron chi connectivity index (χ4n) is 3.04. The predicted octanol–water partition coefficient (Wildman–Crippen LogP) is -0.615. The number of aliphatic hydroxyl groups excluding tert-OH is 1. The zero-order chi connectivity index (χ0) is 14.8. The summed E-state index contributed by atoms with van der Waals surface area (Å²) in [6, 6.07) is -0.338. The molecule has 1 saturated carbocycles. The summed E-state index contributed by atoms with van der Waals surface area (Å²) in [4.78, 5) is 26.4. The van der Waals surface area contributed by atoms with Gasteiger partial charge in [-0.05, 0) is 12.8 Å². The second-order valence-electron chi connectivity index (χ2n) is 6.18. The van der Waals surface area contributed by atoms with Gasteiger partial charge in [0.1, 0.15) is 6.04 Å². The Balaban J connectivity index is 1.51. The van der Waals surface area contributed by atoms with Crippen LogP contribution in [0.15, 0.2) is 0 Å². The Morgan fingerprint density at radius 2 is 2.14 bits per heavy atom. The maximum Gasteiger partial charge on any atom is 0.243 e. The molecule has 0 spiro atoms. The van der Waals surface area contributed by atoms with Gasteiger partial charge in [-0.3, -0.25) is 9.59 Å². The molecule has 2 saturated heterocycles. The quantitative estimate of drug-likeness (QED) is 0.645. The molecule has 2 heterocycles. The first-order chi connectivity index (χ1) is 10.2. The summed E-state index contributed by atoms with van der Waals surface area (Å²) in [5.41, 5.74) is 0. The van der Waals surface area contributed by atoms with E-state index in [9.17, 15) is 14.7 Å². The van der Waals surface area contributed by atoms with E-state index < -0.39 is 6.10 Å². The molecule has 3 N–H and O–H groups in total. The smallest absolute Gasteiger partial charge is 0.243 e. The highest BCUT2D eigenvalue weighted by Gasteiger charge is 2.39. The van der Waals surface area contributed by atoms with Gasteiger partial charge in [0.15, 0.2) is 0 Å². The van der Waals surface area contributed by atoms with E-state index in [1.807, 2.05) is 0 Å². The van der Waals surface area contributed by atoms with E-state index in [-0.39, 0.29) is 29.7 Å². The van der Waals surface area contributed by atoms with Gasteiger partial charge < -0.3 is 20.6 Å². The molecule has 0 bridgehead atoms. The van der Waals surface area contributed by atoms with Gasteiger partial charge in [0.05, 0.1) is 12.0 Å². The average molecular weight is 313 g/mol. The van der Waals surface area contributed by atoms with Crippen molar-refractivity contribution in [1.82, 2.24) is 15.5 Å². The largest absolute Gasteiger partial charge is 0.391 e. The highest BCUT2D eigenvalue weighted by molar-refractivity contribution is 7.99. The van der Waals surface area contributed by atoms with Crippen LogP contribution in [-0.2, 0) is 9.59 Å². The van der Waals surface area contributed by atoms with Crippen molar-refractivity contribution in [2.75, 3.05) is 31.3 Å². The van der Waals surface area contributed by atoms with Gasteiger partial charge in [-0.25, -0.2) is 0 Å². The fraction of sp³-hybridized carbons (Fsp3) is 0.857. The maximum atomic E-state index is 12.3. The molecular formula is C14H23N3O3S. The number of nitrogens with zero attached hydrogens (tertiary/aromatic N) is 1. The lowest BCUT2D eigenvalue weighted by atomic mass is 9.84. The Bertz CT molecular complexity index is 416. The van der Waals surface area contributed by atoms with Gasteiger partial charge >= 0.3 is 0 Å². The van der Waals surface area contributed by atoms with Crippen molar-refractivity contribution in [1.29, 1.82) is 0 Å². The minimum atomic E-state index is -0.393. The molecule has 1 aliphatic carbocycles. The van der Waals surface area contributed by atoms with Crippen molar-refractivity contribution in [3.63, 3.8) is 0 Å². The Morgan fingerprint density at radius 1 is 1.33 bits per heavy atom. The first-order valence-corrected chi connectivity index (χ1v) is 8.87. The molecule has 3 atom stereocenters. The number of carbonyl (C=O) groups is 2. The predicted molar refractivity (Wildman–Crippen MR) is 80.7 cm³/mol. The van der Waals surface area contributed by atoms with Crippen molar-refractivity contribution in [3.8, 4) is 0 Å². The summed E-state index contributed by atoms with van der Waals surface area (Å²) in [5, 5.41) is 15.8. The lowest BCUT2D eigenvalue weighted by Crippen LogP contribution is -2.51. The van der Waals surface area contributed by atoms with E-state index in [1.165, 1.54) is 0 Å². The van der Waals surface area contributed by atoms with Crippen LogP contribution >= 0.6 is 11.8 Å². The SMILES string of the molecule is O=C(NCC1CNCC1O)C1CSCN1C(=O)C1CCC1. The molecule has 21 heavy (non-hydrogen) atoms. The topological polar surface area (TPSA) is 81.7 Å². The molecule has 0 aromatic carbocycles. The minimum absolute atomic E-state index is 0.0683. The molecule has 3 fully saturated rings. The highest BCUT2D eigenvalue weighted by Crippen LogP contribution is 2.32. The van der Waals surface area contributed by atoms with E-state index in [2.05, 4.69) is 10.6 Å². The Morgan fingerprint density at radius 3 is 2.76 bits per heavy atom. The Hall–Kier alpha value is -0.790. The first kappa shape index (κ1) is 15.1. The summed E-state index contributed by atoms with van der Waals surface area (Å²) < 4.78 is 0.